The summed E-state index contributed by atoms with van der Waals surface area (Å²) in [6, 6.07) is -1.68. The molecule has 0 rings (SSSR count). The maximum atomic E-state index is 11.5. The van der Waals surface area contributed by atoms with Crippen LogP contribution in [0.4, 0.5) is 0 Å². The molecule has 0 spiro atoms. The van der Waals surface area contributed by atoms with Crippen LogP contribution >= 0.6 is 0 Å². The summed E-state index contributed by atoms with van der Waals surface area (Å²) in [5, 5.41) is 13.5. The molecule has 0 bridgehead atoms. The van der Waals surface area contributed by atoms with Crippen molar-refractivity contribution >= 4 is 17.8 Å². The van der Waals surface area contributed by atoms with Crippen molar-refractivity contribution in [2.45, 2.75) is 58.5 Å². The van der Waals surface area contributed by atoms with E-state index < -0.39 is 24.0 Å². The first-order valence-electron chi connectivity index (χ1n) is 6.21. The van der Waals surface area contributed by atoms with Gasteiger partial charge in [0.05, 0.1) is 0 Å². The Balaban J connectivity index is 4.00. The van der Waals surface area contributed by atoms with Gasteiger partial charge in [0.2, 0.25) is 11.8 Å². The van der Waals surface area contributed by atoms with Gasteiger partial charge in [0.15, 0.2) is 0 Å². The standard InChI is InChI=1S/C12H22N2O4/c1-4-5-6-7-10(15)13-8(2)11(16)14-9(3)12(17)18/h8-9H,4-7H2,1-3H3,(H,13,15)(H,14,16)(H,17,18)/t8-,9+/m0/s1. The topological polar surface area (TPSA) is 95.5 Å². The quantitative estimate of drug-likeness (QED) is 0.557. The fourth-order valence-corrected chi connectivity index (χ4v) is 1.31. The smallest absolute Gasteiger partial charge is 0.325 e. The number of aliphatic carboxylic acids is 1. The lowest BCUT2D eigenvalue weighted by atomic mass is 10.2. The molecule has 104 valence electrons. The van der Waals surface area contributed by atoms with Crippen molar-refractivity contribution in [1.82, 2.24) is 10.6 Å². The summed E-state index contributed by atoms with van der Waals surface area (Å²) < 4.78 is 0. The molecular formula is C12H22N2O4. The van der Waals surface area contributed by atoms with Crippen molar-refractivity contribution < 1.29 is 19.5 Å². The number of amides is 2. The molecule has 0 aromatic carbocycles. The number of carboxylic acid groups (broad SMARTS) is 1. The Kier molecular flexibility index (Phi) is 7.74. The predicted molar refractivity (Wildman–Crippen MR) is 67.0 cm³/mol. The molecule has 0 aliphatic rings. The van der Waals surface area contributed by atoms with Gasteiger partial charge in [-0.2, -0.15) is 0 Å². The highest BCUT2D eigenvalue weighted by molar-refractivity contribution is 5.89. The van der Waals surface area contributed by atoms with Gasteiger partial charge >= 0.3 is 5.97 Å². The van der Waals surface area contributed by atoms with Gasteiger partial charge in [0.1, 0.15) is 12.1 Å². The number of hydrogen-bond acceptors (Lipinski definition) is 3. The van der Waals surface area contributed by atoms with Crippen molar-refractivity contribution in [1.29, 1.82) is 0 Å². The molecule has 0 aromatic heterocycles. The SMILES string of the molecule is CCCCCC(=O)N[C@@H](C)C(=O)N[C@H](C)C(=O)O. The lowest BCUT2D eigenvalue weighted by Crippen LogP contribution is -2.49. The molecule has 0 aliphatic carbocycles. The molecule has 2 amide bonds. The first kappa shape index (κ1) is 16.4. The predicted octanol–water partition coefficient (Wildman–Crippen LogP) is 0.661. The van der Waals surface area contributed by atoms with Crippen LogP contribution < -0.4 is 10.6 Å². The molecule has 0 saturated heterocycles. The second kappa shape index (κ2) is 8.49. The minimum Gasteiger partial charge on any atom is -0.480 e. The van der Waals surface area contributed by atoms with Crippen LogP contribution in [0.15, 0.2) is 0 Å². The van der Waals surface area contributed by atoms with Gasteiger partial charge in [-0.3, -0.25) is 14.4 Å². The van der Waals surface area contributed by atoms with Crippen LogP contribution in [0.3, 0.4) is 0 Å². The highest BCUT2D eigenvalue weighted by atomic mass is 16.4. The van der Waals surface area contributed by atoms with Gasteiger partial charge in [-0.1, -0.05) is 19.8 Å². The molecule has 2 atom stereocenters. The molecule has 0 aliphatic heterocycles. The molecule has 0 heterocycles. The summed E-state index contributed by atoms with van der Waals surface area (Å²) in [4.78, 5) is 33.5. The summed E-state index contributed by atoms with van der Waals surface area (Å²) in [6.07, 6.45) is 3.19. The van der Waals surface area contributed by atoms with Gasteiger partial charge in [-0.15, -0.1) is 0 Å². The molecule has 0 saturated carbocycles. The van der Waals surface area contributed by atoms with Crippen LogP contribution in [0.25, 0.3) is 0 Å². The van der Waals surface area contributed by atoms with Gasteiger partial charge in [0.25, 0.3) is 0 Å². The van der Waals surface area contributed by atoms with Crippen LogP contribution in [0.2, 0.25) is 0 Å². The number of nitrogens with one attached hydrogen (secondary N) is 2. The second-order valence-electron chi connectivity index (χ2n) is 4.31. The van der Waals surface area contributed by atoms with Crippen LogP contribution in [0, 0.1) is 0 Å². The first-order valence-corrected chi connectivity index (χ1v) is 6.21. The summed E-state index contributed by atoms with van der Waals surface area (Å²) in [7, 11) is 0. The van der Waals surface area contributed by atoms with Crippen LogP contribution in [-0.4, -0.2) is 35.0 Å². The Bertz CT molecular complexity index is 304. The van der Waals surface area contributed by atoms with Crippen LogP contribution in [0.1, 0.15) is 46.5 Å². The zero-order valence-corrected chi connectivity index (χ0v) is 11.2. The second-order valence-corrected chi connectivity index (χ2v) is 4.31. The van der Waals surface area contributed by atoms with Gasteiger partial charge in [-0.25, -0.2) is 0 Å². The highest BCUT2D eigenvalue weighted by Crippen LogP contribution is 1.99. The van der Waals surface area contributed by atoms with Crippen molar-refractivity contribution in [3.8, 4) is 0 Å². The molecule has 6 heteroatoms. The number of carbonyl (C=O) groups is 3. The Morgan fingerprint density at radius 3 is 2.17 bits per heavy atom. The third-order valence-corrected chi connectivity index (χ3v) is 2.51. The molecule has 6 nitrogen and oxygen atoms in total. The van der Waals surface area contributed by atoms with Crippen molar-refractivity contribution in [2.75, 3.05) is 0 Å². The van der Waals surface area contributed by atoms with E-state index in [9.17, 15) is 14.4 Å². The molecule has 18 heavy (non-hydrogen) atoms. The molecule has 3 N–H and O–H groups in total. The van der Waals surface area contributed by atoms with E-state index in [-0.39, 0.29) is 5.91 Å². The fourth-order valence-electron chi connectivity index (χ4n) is 1.31. The molecule has 0 aromatic rings. The number of carboxylic acids is 1. The summed E-state index contributed by atoms with van der Waals surface area (Å²) in [6.45, 7) is 4.94. The minimum absolute atomic E-state index is 0.186. The zero-order chi connectivity index (χ0) is 14.1. The lowest BCUT2D eigenvalue weighted by Gasteiger charge is -2.16. The van der Waals surface area contributed by atoms with E-state index in [0.29, 0.717) is 6.42 Å². The lowest BCUT2D eigenvalue weighted by molar-refractivity contribution is -0.141. The minimum atomic E-state index is -1.11. The normalized spacial score (nSPS) is 13.5. The number of carbonyl (C=O) groups excluding carboxylic acids is 2. The Morgan fingerprint density at radius 2 is 1.67 bits per heavy atom. The number of unbranched alkanes of at least 4 members (excludes halogenated alkanes) is 2. The zero-order valence-electron chi connectivity index (χ0n) is 11.2. The monoisotopic (exact) mass is 258 g/mol. The third kappa shape index (κ3) is 6.88. The highest BCUT2D eigenvalue weighted by Gasteiger charge is 2.19. The van der Waals surface area contributed by atoms with Crippen LogP contribution in [-0.2, 0) is 14.4 Å². The van der Waals surface area contributed by atoms with E-state index in [1.807, 2.05) is 6.92 Å². The van der Waals surface area contributed by atoms with Crippen molar-refractivity contribution in [3.63, 3.8) is 0 Å². The van der Waals surface area contributed by atoms with Gasteiger partial charge < -0.3 is 15.7 Å². The van der Waals surface area contributed by atoms with Gasteiger partial charge in [0, 0.05) is 6.42 Å². The fraction of sp³-hybridized carbons (Fsp3) is 0.750. The number of rotatable bonds is 8. The third-order valence-electron chi connectivity index (χ3n) is 2.51. The van der Waals surface area contributed by atoms with Crippen molar-refractivity contribution in [3.05, 3.63) is 0 Å². The molecule has 0 unspecified atom stereocenters. The summed E-state index contributed by atoms with van der Waals surface area (Å²) in [5.74, 6) is -1.78. The molecule has 0 radical (unpaired) electrons. The van der Waals surface area contributed by atoms with E-state index in [4.69, 9.17) is 5.11 Å². The van der Waals surface area contributed by atoms with E-state index in [1.165, 1.54) is 13.8 Å². The first-order chi connectivity index (χ1) is 8.38. The Labute approximate surface area is 107 Å². The van der Waals surface area contributed by atoms with Gasteiger partial charge in [-0.05, 0) is 20.3 Å². The summed E-state index contributed by atoms with van der Waals surface area (Å²) in [5.41, 5.74) is 0. The Morgan fingerprint density at radius 1 is 1.06 bits per heavy atom. The average molecular weight is 258 g/mol. The average Bonchev–Trinajstić information content (AvgIpc) is 2.28. The number of hydrogen-bond donors (Lipinski definition) is 3. The largest absolute Gasteiger partial charge is 0.480 e. The van der Waals surface area contributed by atoms with E-state index in [0.717, 1.165) is 19.3 Å². The summed E-state index contributed by atoms with van der Waals surface area (Å²) >= 11 is 0. The van der Waals surface area contributed by atoms with Crippen molar-refractivity contribution in [2.24, 2.45) is 0 Å². The maximum Gasteiger partial charge on any atom is 0.325 e. The Hall–Kier alpha value is -1.59. The molecule has 0 fully saturated rings. The molecular weight excluding hydrogens is 236 g/mol. The van der Waals surface area contributed by atoms with Crippen LogP contribution in [0.5, 0.6) is 0 Å². The maximum absolute atomic E-state index is 11.5. The van der Waals surface area contributed by atoms with E-state index in [1.54, 1.807) is 0 Å². The van der Waals surface area contributed by atoms with E-state index in [2.05, 4.69) is 10.6 Å². The van der Waals surface area contributed by atoms with E-state index >= 15 is 0 Å².